The van der Waals surface area contributed by atoms with E-state index in [1.807, 2.05) is 6.07 Å². The fraction of sp³-hybridized carbons (Fsp3) is 0.667. The van der Waals surface area contributed by atoms with E-state index in [1.165, 1.54) is 32.1 Å². The summed E-state index contributed by atoms with van der Waals surface area (Å²) in [7, 11) is 0. The number of aromatic nitrogens is 2. The molecule has 98 valence electrons. The third-order valence-electron chi connectivity index (χ3n) is 5.41. The molecule has 3 nitrogen and oxygen atoms in total. The molecule has 0 spiro atoms. The summed E-state index contributed by atoms with van der Waals surface area (Å²) >= 11 is 6.31. The predicted octanol–water partition coefficient (Wildman–Crippen LogP) is 3.54. The van der Waals surface area contributed by atoms with E-state index in [9.17, 15) is 0 Å². The molecule has 0 aliphatic heterocycles. The molecule has 4 heteroatoms. The predicted molar refractivity (Wildman–Crippen MR) is 71.5 cm³/mol. The van der Waals surface area contributed by atoms with E-state index in [2.05, 4.69) is 9.97 Å². The van der Waals surface area contributed by atoms with Gasteiger partial charge in [-0.3, -0.25) is 0 Å². The topological polar surface area (TPSA) is 49.6 Å². The van der Waals surface area contributed by atoms with E-state index in [4.69, 9.17) is 16.9 Å². The molecule has 19 heavy (non-hydrogen) atoms. The third kappa shape index (κ3) is 1.77. The molecule has 4 aliphatic rings. The average molecular weight is 274 g/mol. The minimum atomic E-state index is 0.258. The summed E-state index contributed by atoms with van der Waals surface area (Å²) in [6.45, 7) is 0. The highest BCUT2D eigenvalue weighted by Crippen LogP contribution is 2.60. The molecule has 1 heterocycles. The molecule has 4 saturated carbocycles. The first-order valence-corrected chi connectivity index (χ1v) is 7.55. The lowest BCUT2D eigenvalue weighted by Gasteiger charge is -2.54. The lowest BCUT2D eigenvalue weighted by molar-refractivity contribution is -0.00417. The molecule has 1 aromatic rings. The number of nitriles is 1. The smallest absolute Gasteiger partial charge is 0.226 e. The van der Waals surface area contributed by atoms with Crippen LogP contribution in [-0.4, -0.2) is 9.97 Å². The first kappa shape index (κ1) is 11.7. The van der Waals surface area contributed by atoms with E-state index in [0.717, 1.165) is 29.4 Å². The first-order valence-electron chi connectivity index (χ1n) is 7.17. The molecule has 0 amide bonds. The van der Waals surface area contributed by atoms with Gasteiger partial charge in [0.05, 0.1) is 16.9 Å². The van der Waals surface area contributed by atoms with Gasteiger partial charge in [0.2, 0.25) is 5.82 Å². The number of nitrogens with zero attached hydrogens (tertiary/aromatic N) is 3. The van der Waals surface area contributed by atoms with Gasteiger partial charge in [0.1, 0.15) is 6.07 Å². The second kappa shape index (κ2) is 4.18. The normalized spacial score (nSPS) is 39.3. The molecule has 5 rings (SSSR count). The maximum atomic E-state index is 8.99. The van der Waals surface area contributed by atoms with Crippen LogP contribution in [-0.2, 0) is 0 Å². The van der Waals surface area contributed by atoms with Gasteiger partial charge in [0, 0.05) is 5.92 Å². The van der Waals surface area contributed by atoms with Crippen LogP contribution in [0.3, 0.4) is 0 Å². The highest BCUT2D eigenvalue weighted by atomic mass is 35.5. The Labute approximate surface area is 118 Å². The molecule has 0 aromatic carbocycles. The Hall–Kier alpha value is -1.14. The molecular weight excluding hydrogens is 258 g/mol. The highest BCUT2D eigenvalue weighted by Gasteiger charge is 2.49. The quantitative estimate of drug-likeness (QED) is 0.786. The number of halogens is 1. The SMILES string of the molecule is N#Cc1ncc(Cl)c(C2C3CC4CC(C3)CC2C4)n1. The van der Waals surface area contributed by atoms with Gasteiger partial charge >= 0.3 is 0 Å². The van der Waals surface area contributed by atoms with Crippen LogP contribution in [0.2, 0.25) is 5.02 Å². The summed E-state index contributed by atoms with van der Waals surface area (Å²) in [5.41, 5.74) is 0.946. The van der Waals surface area contributed by atoms with Crippen molar-refractivity contribution in [3.05, 3.63) is 22.7 Å². The van der Waals surface area contributed by atoms with Crippen molar-refractivity contribution in [2.75, 3.05) is 0 Å². The Balaban J connectivity index is 1.75. The fourth-order valence-corrected chi connectivity index (χ4v) is 5.26. The molecule has 1 aromatic heterocycles. The molecule has 0 saturated heterocycles. The summed E-state index contributed by atoms with van der Waals surface area (Å²) in [5, 5.41) is 9.63. The van der Waals surface area contributed by atoms with E-state index >= 15 is 0 Å². The second-order valence-corrected chi connectivity index (χ2v) is 6.90. The molecule has 4 fully saturated rings. The Kier molecular flexibility index (Phi) is 2.57. The van der Waals surface area contributed by atoms with Crippen molar-refractivity contribution in [2.45, 2.75) is 38.0 Å². The van der Waals surface area contributed by atoms with Crippen LogP contribution >= 0.6 is 11.6 Å². The van der Waals surface area contributed by atoms with Gasteiger partial charge in [-0.2, -0.15) is 5.26 Å². The zero-order valence-electron chi connectivity index (χ0n) is 10.7. The number of hydrogen-bond acceptors (Lipinski definition) is 3. The van der Waals surface area contributed by atoms with Crippen molar-refractivity contribution in [2.24, 2.45) is 23.7 Å². The van der Waals surface area contributed by atoms with Crippen molar-refractivity contribution in [3.63, 3.8) is 0 Å². The average Bonchev–Trinajstić information content (AvgIpc) is 2.39. The van der Waals surface area contributed by atoms with Crippen LogP contribution in [0.5, 0.6) is 0 Å². The Morgan fingerprint density at radius 1 is 1.11 bits per heavy atom. The highest BCUT2D eigenvalue weighted by molar-refractivity contribution is 6.31. The molecule has 4 aliphatic carbocycles. The molecule has 4 bridgehead atoms. The van der Waals surface area contributed by atoms with Crippen LogP contribution in [0.25, 0.3) is 0 Å². The Morgan fingerprint density at radius 3 is 2.32 bits per heavy atom. The van der Waals surface area contributed by atoms with Gasteiger partial charge in [-0.05, 0) is 55.8 Å². The second-order valence-electron chi connectivity index (χ2n) is 6.50. The lowest BCUT2D eigenvalue weighted by atomic mass is 9.51. The van der Waals surface area contributed by atoms with Crippen LogP contribution in [0.15, 0.2) is 6.20 Å². The molecular formula is C15H16ClN3. The zero-order valence-corrected chi connectivity index (χ0v) is 11.5. The standard InChI is InChI=1S/C15H16ClN3/c16-12-7-18-13(6-17)19-15(12)14-10-2-8-1-9(4-10)5-11(14)3-8/h7-11,14H,1-5H2. The van der Waals surface area contributed by atoms with Crippen LogP contribution in [0, 0.1) is 35.0 Å². The number of rotatable bonds is 1. The summed E-state index contributed by atoms with van der Waals surface area (Å²) in [4.78, 5) is 8.40. The van der Waals surface area contributed by atoms with Crippen molar-refractivity contribution in [3.8, 4) is 6.07 Å². The third-order valence-corrected chi connectivity index (χ3v) is 5.70. The van der Waals surface area contributed by atoms with E-state index in [0.29, 0.717) is 10.9 Å². The molecule has 0 atom stereocenters. The summed E-state index contributed by atoms with van der Waals surface area (Å²) in [6, 6.07) is 2.04. The first-order chi connectivity index (χ1) is 9.24. The maximum absolute atomic E-state index is 8.99. The Morgan fingerprint density at radius 2 is 1.74 bits per heavy atom. The molecule has 0 unspecified atom stereocenters. The van der Waals surface area contributed by atoms with E-state index in [-0.39, 0.29) is 5.82 Å². The summed E-state index contributed by atoms with van der Waals surface area (Å²) in [6.07, 6.45) is 8.38. The van der Waals surface area contributed by atoms with Gasteiger partial charge in [-0.25, -0.2) is 9.97 Å². The van der Waals surface area contributed by atoms with Crippen molar-refractivity contribution >= 4 is 11.6 Å². The summed E-state index contributed by atoms with van der Waals surface area (Å²) in [5.74, 6) is 4.07. The zero-order chi connectivity index (χ0) is 13.0. The van der Waals surface area contributed by atoms with Crippen molar-refractivity contribution < 1.29 is 0 Å². The maximum Gasteiger partial charge on any atom is 0.232 e. The van der Waals surface area contributed by atoms with Gasteiger partial charge in [0.25, 0.3) is 0 Å². The van der Waals surface area contributed by atoms with Gasteiger partial charge < -0.3 is 0 Å². The van der Waals surface area contributed by atoms with Gasteiger partial charge in [0.15, 0.2) is 0 Å². The van der Waals surface area contributed by atoms with Crippen molar-refractivity contribution in [1.82, 2.24) is 9.97 Å². The van der Waals surface area contributed by atoms with Gasteiger partial charge in [-0.1, -0.05) is 11.6 Å². The van der Waals surface area contributed by atoms with Crippen LogP contribution in [0.1, 0.15) is 49.5 Å². The van der Waals surface area contributed by atoms with Crippen LogP contribution < -0.4 is 0 Å². The minimum absolute atomic E-state index is 0.258. The van der Waals surface area contributed by atoms with Gasteiger partial charge in [-0.15, -0.1) is 0 Å². The van der Waals surface area contributed by atoms with E-state index in [1.54, 1.807) is 6.20 Å². The van der Waals surface area contributed by atoms with Crippen molar-refractivity contribution in [1.29, 1.82) is 5.26 Å². The fourth-order valence-electron chi connectivity index (χ4n) is 5.04. The van der Waals surface area contributed by atoms with E-state index < -0.39 is 0 Å². The lowest BCUT2D eigenvalue weighted by Crippen LogP contribution is -2.44. The Bertz CT molecular complexity index is 535. The molecule has 0 N–H and O–H groups in total. The number of hydrogen-bond donors (Lipinski definition) is 0. The summed E-state index contributed by atoms with van der Waals surface area (Å²) < 4.78 is 0. The minimum Gasteiger partial charge on any atom is -0.226 e. The molecule has 0 radical (unpaired) electrons. The monoisotopic (exact) mass is 273 g/mol. The largest absolute Gasteiger partial charge is 0.232 e. The van der Waals surface area contributed by atoms with Crippen LogP contribution in [0.4, 0.5) is 0 Å².